The fraction of sp³-hybridized carbons (Fsp3) is 0.882. The zero-order valence-electron chi connectivity index (χ0n) is 26.6. The Morgan fingerprint density at radius 2 is 0.805 bits per heavy atom. The first-order valence-corrected chi connectivity index (χ1v) is 17.0. The number of carbonyl (C=O) groups is 4. The molecule has 0 spiro atoms. The van der Waals surface area contributed by atoms with Gasteiger partial charge in [0.05, 0.1) is 0 Å². The Kier molecular flexibility index (Phi) is 28.2. The third kappa shape index (κ3) is 29.4. The summed E-state index contributed by atoms with van der Waals surface area (Å²) < 4.78 is 10.7. The van der Waals surface area contributed by atoms with Crippen LogP contribution >= 0.6 is 0 Å². The van der Waals surface area contributed by atoms with Gasteiger partial charge in [0.1, 0.15) is 6.10 Å². The molecule has 0 radical (unpaired) electrons. The molecule has 240 valence electrons. The lowest BCUT2D eigenvalue weighted by Crippen LogP contribution is -2.18. The maximum absolute atomic E-state index is 12.2. The van der Waals surface area contributed by atoms with Gasteiger partial charge in [0.25, 0.3) is 0 Å². The lowest BCUT2D eigenvalue weighted by Gasteiger charge is -2.18. The molecule has 7 nitrogen and oxygen atoms in total. The predicted octanol–water partition coefficient (Wildman–Crippen LogP) is 9.63. The van der Waals surface area contributed by atoms with Crippen molar-refractivity contribution in [2.75, 3.05) is 0 Å². The second kappa shape index (κ2) is 29.6. The first-order valence-electron chi connectivity index (χ1n) is 17.0. The molecule has 7 heteroatoms. The van der Waals surface area contributed by atoms with Gasteiger partial charge in [0, 0.05) is 25.7 Å². The summed E-state index contributed by atoms with van der Waals surface area (Å²) in [4.78, 5) is 46.4. The highest BCUT2D eigenvalue weighted by Gasteiger charge is 2.14. The second-order valence-corrected chi connectivity index (χ2v) is 11.6. The molecule has 1 unspecified atom stereocenters. The van der Waals surface area contributed by atoms with Gasteiger partial charge in [-0.1, -0.05) is 110 Å². The predicted molar refractivity (Wildman–Crippen MR) is 165 cm³/mol. The van der Waals surface area contributed by atoms with Crippen LogP contribution in [0.4, 0.5) is 0 Å². The van der Waals surface area contributed by atoms with E-state index in [1.807, 2.05) is 0 Å². The number of hydrogen-bond donors (Lipinski definition) is 1. The van der Waals surface area contributed by atoms with Crippen molar-refractivity contribution in [1.29, 1.82) is 0 Å². The third-order valence-electron chi connectivity index (χ3n) is 7.57. The van der Waals surface area contributed by atoms with Crippen LogP contribution in [0, 0.1) is 0 Å². The van der Waals surface area contributed by atoms with Gasteiger partial charge in [-0.3, -0.25) is 19.2 Å². The fourth-order valence-electron chi connectivity index (χ4n) is 5.01. The number of hydrogen-bond acceptors (Lipinski definition) is 6. The van der Waals surface area contributed by atoms with Gasteiger partial charge in [0.2, 0.25) is 0 Å². The largest absolute Gasteiger partial charge is 0.481 e. The second-order valence-electron chi connectivity index (χ2n) is 11.6. The Balaban J connectivity index is 3.74. The molecule has 1 N–H and O–H groups in total. The van der Waals surface area contributed by atoms with E-state index in [0.717, 1.165) is 103 Å². The maximum Gasteiger partial charge on any atom is 0.313 e. The van der Waals surface area contributed by atoms with E-state index in [1.165, 1.54) is 32.1 Å². The molecule has 41 heavy (non-hydrogen) atoms. The van der Waals surface area contributed by atoms with Crippen molar-refractivity contribution in [2.45, 2.75) is 193 Å². The summed E-state index contributed by atoms with van der Waals surface area (Å²) in [5, 5.41) is 8.61. The molecular weight excluding hydrogens is 520 g/mol. The molecule has 0 aromatic carbocycles. The molecule has 0 amide bonds. The molecule has 0 aliphatic rings. The zero-order chi connectivity index (χ0) is 30.4. The number of carboxylic acids is 1. The SMILES string of the molecule is CCCCCCC(CCCCCCCCCCC(=O)OC(=O)CCCCCCCCC(=O)O)OC(=O)CCCCC. The molecule has 0 aromatic rings. The number of carboxylic acid groups (broad SMARTS) is 1. The van der Waals surface area contributed by atoms with Crippen LogP contribution in [0.1, 0.15) is 187 Å². The van der Waals surface area contributed by atoms with Crippen LogP contribution in [0.25, 0.3) is 0 Å². The number of esters is 3. The van der Waals surface area contributed by atoms with Gasteiger partial charge in [-0.25, -0.2) is 0 Å². The van der Waals surface area contributed by atoms with Crippen molar-refractivity contribution in [3.63, 3.8) is 0 Å². The zero-order valence-corrected chi connectivity index (χ0v) is 26.6. The highest BCUT2D eigenvalue weighted by Crippen LogP contribution is 2.18. The fourth-order valence-corrected chi connectivity index (χ4v) is 5.01. The first kappa shape index (κ1) is 39.1. The lowest BCUT2D eigenvalue weighted by molar-refractivity contribution is -0.160. The van der Waals surface area contributed by atoms with Crippen molar-refractivity contribution in [3.8, 4) is 0 Å². The Morgan fingerprint density at radius 3 is 1.27 bits per heavy atom. The Morgan fingerprint density at radius 1 is 0.463 bits per heavy atom. The Bertz CT molecular complexity index is 661. The van der Waals surface area contributed by atoms with E-state index in [2.05, 4.69) is 13.8 Å². The van der Waals surface area contributed by atoms with Gasteiger partial charge in [-0.05, 0) is 51.4 Å². The van der Waals surface area contributed by atoms with Crippen LogP contribution in [0.3, 0.4) is 0 Å². The average molecular weight is 583 g/mol. The van der Waals surface area contributed by atoms with E-state index < -0.39 is 17.9 Å². The number of aliphatic carboxylic acids is 1. The molecular formula is C34H62O7. The van der Waals surface area contributed by atoms with E-state index in [-0.39, 0.29) is 24.9 Å². The highest BCUT2D eigenvalue weighted by atomic mass is 16.6. The maximum atomic E-state index is 12.2. The van der Waals surface area contributed by atoms with E-state index in [0.29, 0.717) is 25.7 Å². The molecule has 0 heterocycles. The molecule has 0 rings (SSSR count). The summed E-state index contributed by atoms with van der Waals surface area (Å²) in [5.74, 6) is -1.63. The van der Waals surface area contributed by atoms with Crippen molar-refractivity contribution in [2.24, 2.45) is 0 Å². The van der Waals surface area contributed by atoms with Crippen LogP contribution < -0.4 is 0 Å². The third-order valence-corrected chi connectivity index (χ3v) is 7.57. The first-order chi connectivity index (χ1) is 19.9. The Labute approximate surface area is 250 Å². The van der Waals surface area contributed by atoms with Crippen molar-refractivity contribution >= 4 is 23.9 Å². The van der Waals surface area contributed by atoms with E-state index in [4.69, 9.17) is 14.6 Å². The van der Waals surface area contributed by atoms with Crippen molar-refractivity contribution < 1.29 is 33.8 Å². The standard InChI is InChI=1S/C34H62O7/c1-3-5-7-19-24-30(40-32(37)27-18-6-4-2)25-20-14-10-8-9-11-16-22-28-33(38)41-34(39)29-23-17-13-12-15-21-26-31(35)36/h30H,3-29H2,1-2H3,(H,35,36). The summed E-state index contributed by atoms with van der Waals surface area (Å²) >= 11 is 0. The molecule has 0 aliphatic carbocycles. The lowest BCUT2D eigenvalue weighted by atomic mass is 10.0. The smallest absolute Gasteiger partial charge is 0.313 e. The molecule has 0 saturated carbocycles. The quantitative estimate of drug-likeness (QED) is 0.0510. The van der Waals surface area contributed by atoms with Crippen LogP contribution in [0.5, 0.6) is 0 Å². The minimum atomic E-state index is -0.754. The normalized spacial score (nSPS) is 11.8. The van der Waals surface area contributed by atoms with Crippen LogP contribution in [0.15, 0.2) is 0 Å². The monoisotopic (exact) mass is 582 g/mol. The number of ether oxygens (including phenoxy) is 2. The van der Waals surface area contributed by atoms with Gasteiger partial charge in [-0.2, -0.15) is 0 Å². The summed E-state index contributed by atoms with van der Waals surface area (Å²) in [5.41, 5.74) is 0. The molecule has 0 saturated heterocycles. The minimum absolute atomic E-state index is 0.0227. The summed E-state index contributed by atoms with van der Waals surface area (Å²) in [6, 6.07) is 0. The minimum Gasteiger partial charge on any atom is -0.481 e. The van der Waals surface area contributed by atoms with Crippen LogP contribution in [-0.4, -0.2) is 35.1 Å². The van der Waals surface area contributed by atoms with E-state index in [9.17, 15) is 19.2 Å². The molecule has 0 bridgehead atoms. The van der Waals surface area contributed by atoms with Crippen molar-refractivity contribution in [1.82, 2.24) is 0 Å². The summed E-state index contributed by atoms with van der Waals surface area (Å²) in [6.07, 6.45) is 25.0. The van der Waals surface area contributed by atoms with Gasteiger partial charge >= 0.3 is 23.9 Å². The molecule has 1 atom stereocenters. The topological polar surface area (TPSA) is 107 Å². The number of unbranched alkanes of at least 4 members (excludes halogenated alkanes) is 17. The molecule has 0 aromatic heterocycles. The van der Waals surface area contributed by atoms with E-state index >= 15 is 0 Å². The van der Waals surface area contributed by atoms with Gasteiger partial charge < -0.3 is 14.6 Å². The van der Waals surface area contributed by atoms with Crippen molar-refractivity contribution in [3.05, 3.63) is 0 Å². The molecule has 0 fully saturated rings. The average Bonchev–Trinajstić information content (AvgIpc) is 2.93. The van der Waals surface area contributed by atoms with Crippen LogP contribution in [-0.2, 0) is 28.7 Å². The van der Waals surface area contributed by atoms with Crippen LogP contribution in [0.2, 0.25) is 0 Å². The van der Waals surface area contributed by atoms with Gasteiger partial charge in [0.15, 0.2) is 0 Å². The highest BCUT2D eigenvalue weighted by molar-refractivity contribution is 5.85. The number of rotatable bonds is 30. The van der Waals surface area contributed by atoms with Gasteiger partial charge in [-0.15, -0.1) is 0 Å². The summed E-state index contributed by atoms with van der Waals surface area (Å²) in [7, 11) is 0. The Hall–Kier alpha value is -1.92. The summed E-state index contributed by atoms with van der Waals surface area (Å²) in [6.45, 7) is 4.36. The number of carbonyl (C=O) groups excluding carboxylic acids is 3. The van der Waals surface area contributed by atoms with E-state index in [1.54, 1.807) is 0 Å². The molecule has 0 aliphatic heterocycles.